The van der Waals surface area contributed by atoms with E-state index in [0.29, 0.717) is 17.4 Å². The standard InChI is InChI=1S/C42H80NO8P/c1-6-8-10-12-14-16-18-20-21-23-25-27-29-31-33-35-42(45)51-40(39-50-52(46,47)49-37-36-43(3,4)5)38-48-41(44)34-32-30-28-26-24-22-19-17-15-13-11-9-7-2/h16-19,40H,6-15,20-39H2,1-5H3/b18-16-,19-17-/t40-/m1/s1. The normalized spacial score (nSPS) is 13.9. The molecule has 0 fully saturated rings. The van der Waals surface area contributed by atoms with E-state index in [1.807, 2.05) is 21.1 Å². The Labute approximate surface area is 319 Å². The third kappa shape index (κ3) is 38.2. The molecule has 0 saturated carbocycles. The number of hydrogen-bond acceptors (Lipinski definition) is 8. The van der Waals surface area contributed by atoms with E-state index in [0.717, 1.165) is 64.2 Å². The van der Waals surface area contributed by atoms with E-state index >= 15 is 0 Å². The van der Waals surface area contributed by atoms with Gasteiger partial charge in [0.2, 0.25) is 0 Å². The number of likely N-dealkylation sites (N-methyl/N-ethyl adjacent to an activating group) is 1. The van der Waals surface area contributed by atoms with Crippen molar-refractivity contribution in [3.05, 3.63) is 24.3 Å². The lowest BCUT2D eigenvalue weighted by molar-refractivity contribution is -0.870. The minimum Gasteiger partial charge on any atom is -0.756 e. The molecule has 0 aliphatic heterocycles. The number of phosphoric acid groups is 1. The van der Waals surface area contributed by atoms with Gasteiger partial charge in [0.15, 0.2) is 6.10 Å². The Bertz CT molecular complexity index is 949. The fourth-order valence-corrected chi connectivity index (χ4v) is 6.31. The predicted octanol–water partition coefficient (Wildman–Crippen LogP) is 10.9. The fourth-order valence-electron chi connectivity index (χ4n) is 5.58. The maximum atomic E-state index is 12.6. The summed E-state index contributed by atoms with van der Waals surface area (Å²) in [6.45, 7) is 4.18. The van der Waals surface area contributed by atoms with Gasteiger partial charge in [-0.15, -0.1) is 0 Å². The Morgan fingerprint density at radius 1 is 0.577 bits per heavy atom. The van der Waals surface area contributed by atoms with Crippen LogP contribution in [0, 0.1) is 0 Å². The second kappa shape index (κ2) is 35.2. The minimum absolute atomic E-state index is 0.0320. The van der Waals surface area contributed by atoms with Gasteiger partial charge in [0.25, 0.3) is 7.82 Å². The molecule has 0 aliphatic rings. The highest BCUT2D eigenvalue weighted by Crippen LogP contribution is 2.38. The van der Waals surface area contributed by atoms with Gasteiger partial charge < -0.3 is 27.9 Å². The molecule has 1 unspecified atom stereocenters. The second-order valence-corrected chi connectivity index (χ2v) is 16.8. The molecule has 0 aromatic rings. The van der Waals surface area contributed by atoms with Crippen LogP contribution in [0.25, 0.3) is 0 Å². The zero-order chi connectivity index (χ0) is 38.6. The van der Waals surface area contributed by atoms with Crippen LogP contribution in [0.15, 0.2) is 24.3 Å². The minimum atomic E-state index is -4.62. The average molecular weight is 758 g/mol. The Hall–Kier alpha value is -1.51. The van der Waals surface area contributed by atoms with E-state index in [1.54, 1.807) is 0 Å². The van der Waals surface area contributed by atoms with Crippen molar-refractivity contribution in [3.63, 3.8) is 0 Å². The first-order valence-electron chi connectivity index (χ1n) is 21.0. The second-order valence-electron chi connectivity index (χ2n) is 15.3. The summed E-state index contributed by atoms with van der Waals surface area (Å²) in [7, 11) is 1.16. The van der Waals surface area contributed by atoms with Crippen molar-refractivity contribution in [2.75, 3.05) is 47.5 Å². The number of hydrogen-bond donors (Lipinski definition) is 0. The van der Waals surface area contributed by atoms with E-state index < -0.39 is 32.5 Å². The van der Waals surface area contributed by atoms with Crippen molar-refractivity contribution in [3.8, 4) is 0 Å². The van der Waals surface area contributed by atoms with Crippen molar-refractivity contribution in [1.82, 2.24) is 0 Å². The first-order valence-corrected chi connectivity index (χ1v) is 22.5. The van der Waals surface area contributed by atoms with Crippen LogP contribution in [0.2, 0.25) is 0 Å². The van der Waals surface area contributed by atoms with Crippen molar-refractivity contribution in [1.29, 1.82) is 0 Å². The van der Waals surface area contributed by atoms with Crippen LogP contribution in [0.3, 0.4) is 0 Å². The van der Waals surface area contributed by atoms with Gasteiger partial charge in [-0.05, 0) is 64.2 Å². The van der Waals surface area contributed by atoms with Crippen LogP contribution in [-0.2, 0) is 32.7 Å². The lowest BCUT2D eigenvalue weighted by Crippen LogP contribution is -2.37. The zero-order valence-corrected chi connectivity index (χ0v) is 35.2. The summed E-state index contributed by atoms with van der Waals surface area (Å²) in [5.41, 5.74) is 0. The number of esters is 2. The molecule has 0 aromatic heterocycles. The molecule has 9 nitrogen and oxygen atoms in total. The summed E-state index contributed by atoms with van der Waals surface area (Å²) in [4.78, 5) is 37.4. The molecule has 306 valence electrons. The number of carbonyl (C=O) groups excluding carboxylic acids is 2. The number of nitrogens with zero attached hydrogens (tertiary/aromatic N) is 1. The molecule has 0 saturated heterocycles. The molecular formula is C42H80NO8P. The largest absolute Gasteiger partial charge is 0.756 e. The maximum absolute atomic E-state index is 12.6. The maximum Gasteiger partial charge on any atom is 0.306 e. The Morgan fingerprint density at radius 3 is 1.42 bits per heavy atom. The van der Waals surface area contributed by atoms with E-state index in [1.165, 1.54) is 83.5 Å². The monoisotopic (exact) mass is 758 g/mol. The van der Waals surface area contributed by atoms with E-state index in [4.69, 9.17) is 18.5 Å². The van der Waals surface area contributed by atoms with Crippen molar-refractivity contribution in [2.24, 2.45) is 0 Å². The van der Waals surface area contributed by atoms with Crippen LogP contribution in [-0.4, -0.2) is 70.0 Å². The third-order valence-corrected chi connectivity index (χ3v) is 9.91. The van der Waals surface area contributed by atoms with Gasteiger partial charge in [-0.3, -0.25) is 14.2 Å². The van der Waals surface area contributed by atoms with Gasteiger partial charge >= 0.3 is 11.9 Å². The molecule has 0 heterocycles. The van der Waals surface area contributed by atoms with Crippen molar-refractivity contribution in [2.45, 2.75) is 187 Å². The number of allylic oxidation sites excluding steroid dienone is 4. The average Bonchev–Trinajstić information content (AvgIpc) is 3.09. The summed E-state index contributed by atoms with van der Waals surface area (Å²) in [5.74, 6) is -0.848. The molecule has 0 radical (unpaired) electrons. The molecule has 0 N–H and O–H groups in total. The first-order chi connectivity index (χ1) is 25.0. The van der Waals surface area contributed by atoms with Gasteiger partial charge in [-0.1, -0.05) is 128 Å². The zero-order valence-electron chi connectivity index (χ0n) is 34.3. The SMILES string of the molecule is CCCCCC/C=C\CCCCCCCCCC(=O)O[C@H](COC(=O)CCCCCCC/C=C\CCCCCC)COP(=O)([O-])OCC[N+](C)(C)C. The van der Waals surface area contributed by atoms with Gasteiger partial charge in [0.05, 0.1) is 27.7 Å². The molecule has 52 heavy (non-hydrogen) atoms. The topological polar surface area (TPSA) is 111 Å². The van der Waals surface area contributed by atoms with E-state index in [2.05, 4.69) is 38.2 Å². The van der Waals surface area contributed by atoms with Crippen molar-refractivity contribution < 1.29 is 42.1 Å². The molecule has 2 atom stereocenters. The summed E-state index contributed by atoms with van der Waals surface area (Å²) < 4.78 is 33.8. The predicted molar refractivity (Wildman–Crippen MR) is 213 cm³/mol. The molecule has 0 spiro atoms. The summed E-state index contributed by atoms with van der Waals surface area (Å²) in [6, 6.07) is 0. The van der Waals surface area contributed by atoms with E-state index in [9.17, 15) is 19.0 Å². The molecule has 0 aliphatic carbocycles. The molecule has 0 rings (SSSR count). The quantitative estimate of drug-likeness (QED) is 0.0201. The van der Waals surface area contributed by atoms with Gasteiger partial charge in [-0.25, -0.2) is 0 Å². The Balaban J connectivity index is 4.40. The smallest absolute Gasteiger partial charge is 0.306 e. The molecule has 0 bridgehead atoms. The Kier molecular flexibility index (Phi) is 34.2. The van der Waals surface area contributed by atoms with Crippen LogP contribution in [0.5, 0.6) is 0 Å². The summed E-state index contributed by atoms with van der Waals surface area (Å²) >= 11 is 0. The highest BCUT2D eigenvalue weighted by Gasteiger charge is 2.21. The lowest BCUT2D eigenvalue weighted by Gasteiger charge is -2.28. The summed E-state index contributed by atoms with van der Waals surface area (Å²) in [6.07, 6.45) is 36.2. The van der Waals surface area contributed by atoms with Crippen LogP contribution < -0.4 is 4.89 Å². The fraction of sp³-hybridized carbons (Fsp3) is 0.857. The van der Waals surface area contributed by atoms with E-state index in [-0.39, 0.29) is 26.1 Å². The number of carbonyl (C=O) groups is 2. The number of phosphoric ester groups is 1. The number of rotatable bonds is 38. The highest BCUT2D eigenvalue weighted by atomic mass is 31.2. The van der Waals surface area contributed by atoms with Crippen LogP contribution >= 0.6 is 7.82 Å². The molecule has 0 amide bonds. The van der Waals surface area contributed by atoms with Gasteiger partial charge in [0.1, 0.15) is 19.8 Å². The highest BCUT2D eigenvalue weighted by molar-refractivity contribution is 7.45. The van der Waals surface area contributed by atoms with Gasteiger partial charge in [0, 0.05) is 12.8 Å². The van der Waals surface area contributed by atoms with Crippen LogP contribution in [0.4, 0.5) is 0 Å². The first kappa shape index (κ1) is 50.5. The van der Waals surface area contributed by atoms with Crippen LogP contribution in [0.1, 0.15) is 181 Å². The molecular weight excluding hydrogens is 677 g/mol. The number of unbranched alkanes of at least 4 members (excludes halogenated alkanes) is 20. The lowest BCUT2D eigenvalue weighted by atomic mass is 10.1. The third-order valence-electron chi connectivity index (χ3n) is 8.94. The number of ether oxygens (including phenoxy) is 2. The molecule has 0 aromatic carbocycles. The van der Waals surface area contributed by atoms with Gasteiger partial charge in [-0.2, -0.15) is 0 Å². The molecule has 10 heteroatoms. The summed E-state index contributed by atoms with van der Waals surface area (Å²) in [5, 5.41) is 0. The Morgan fingerprint density at radius 2 is 0.981 bits per heavy atom. The number of quaternary nitrogens is 1. The van der Waals surface area contributed by atoms with Crippen molar-refractivity contribution >= 4 is 19.8 Å².